The minimum absolute atomic E-state index is 0.0492. The summed E-state index contributed by atoms with van der Waals surface area (Å²) >= 11 is 0. The van der Waals surface area contributed by atoms with Crippen LogP contribution in [0.4, 0.5) is 0 Å². The van der Waals surface area contributed by atoms with Crippen LogP contribution in [0.25, 0.3) is 0 Å². The van der Waals surface area contributed by atoms with Gasteiger partial charge in [0.25, 0.3) is 0 Å². The molecule has 1 aliphatic rings. The van der Waals surface area contributed by atoms with Gasteiger partial charge in [0, 0.05) is 18.9 Å². The Kier molecular flexibility index (Phi) is 5.45. The molecule has 0 bridgehead atoms. The highest BCUT2D eigenvalue weighted by atomic mass is 16.4. The predicted molar refractivity (Wildman–Crippen MR) is 65.5 cm³/mol. The van der Waals surface area contributed by atoms with Crippen LogP contribution in [0.5, 0.6) is 0 Å². The first-order chi connectivity index (χ1) is 8.04. The van der Waals surface area contributed by atoms with Gasteiger partial charge in [0.2, 0.25) is 5.91 Å². The number of carboxylic acid groups (broad SMARTS) is 1. The zero-order valence-electron chi connectivity index (χ0n) is 10.7. The zero-order valence-corrected chi connectivity index (χ0v) is 10.7. The summed E-state index contributed by atoms with van der Waals surface area (Å²) in [6, 6.07) is 0. The van der Waals surface area contributed by atoms with Crippen molar-refractivity contribution >= 4 is 11.9 Å². The molecule has 1 amide bonds. The highest BCUT2D eigenvalue weighted by Gasteiger charge is 2.29. The lowest BCUT2D eigenvalue weighted by Gasteiger charge is -2.18. The van der Waals surface area contributed by atoms with Crippen LogP contribution in [0.3, 0.4) is 0 Å². The number of aliphatic carboxylic acids is 1. The Morgan fingerprint density at radius 1 is 1.41 bits per heavy atom. The van der Waals surface area contributed by atoms with Crippen LogP contribution in [0.15, 0.2) is 0 Å². The third kappa shape index (κ3) is 4.36. The third-order valence-corrected chi connectivity index (χ3v) is 3.80. The number of amides is 1. The average molecular weight is 241 g/mol. The van der Waals surface area contributed by atoms with Crippen molar-refractivity contribution in [1.29, 1.82) is 0 Å². The standard InChI is InChI=1S/C13H23NO3/c1-3-10(7-12(15)16)8-14-13(17)11-6-4-5-9(11)2/h9-11H,3-8H2,1-2H3,(H,14,17)(H,15,16). The van der Waals surface area contributed by atoms with Gasteiger partial charge >= 0.3 is 5.97 Å². The lowest BCUT2D eigenvalue weighted by atomic mass is 9.96. The number of carboxylic acids is 1. The quantitative estimate of drug-likeness (QED) is 0.748. The van der Waals surface area contributed by atoms with Crippen molar-refractivity contribution in [1.82, 2.24) is 5.32 Å². The van der Waals surface area contributed by atoms with Crippen LogP contribution in [0, 0.1) is 17.8 Å². The van der Waals surface area contributed by atoms with Gasteiger partial charge in [0.05, 0.1) is 0 Å². The molecule has 0 heterocycles. The van der Waals surface area contributed by atoms with Crippen molar-refractivity contribution < 1.29 is 14.7 Å². The van der Waals surface area contributed by atoms with Gasteiger partial charge in [-0.3, -0.25) is 9.59 Å². The Bertz CT molecular complexity index is 278. The van der Waals surface area contributed by atoms with E-state index in [0.29, 0.717) is 12.5 Å². The fraction of sp³-hybridized carbons (Fsp3) is 0.846. The van der Waals surface area contributed by atoms with Crippen LogP contribution in [0.1, 0.15) is 46.0 Å². The Hall–Kier alpha value is -1.06. The van der Waals surface area contributed by atoms with Crippen molar-refractivity contribution in [3.8, 4) is 0 Å². The second-order valence-corrected chi connectivity index (χ2v) is 5.13. The smallest absolute Gasteiger partial charge is 0.303 e. The minimum Gasteiger partial charge on any atom is -0.481 e. The maximum atomic E-state index is 11.9. The molecule has 3 unspecified atom stereocenters. The molecule has 1 rings (SSSR count). The lowest BCUT2D eigenvalue weighted by Crippen LogP contribution is -2.35. The second-order valence-electron chi connectivity index (χ2n) is 5.13. The molecule has 0 spiro atoms. The molecule has 1 fully saturated rings. The van der Waals surface area contributed by atoms with E-state index in [1.54, 1.807) is 0 Å². The summed E-state index contributed by atoms with van der Waals surface area (Å²) in [6.45, 7) is 4.56. The van der Waals surface area contributed by atoms with E-state index >= 15 is 0 Å². The van der Waals surface area contributed by atoms with E-state index in [2.05, 4.69) is 12.2 Å². The Morgan fingerprint density at radius 2 is 2.12 bits per heavy atom. The molecular weight excluding hydrogens is 218 g/mol. The summed E-state index contributed by atoms with van der Waals surface area (Å²) in [5, 5.41) is 11.6. The maximum absolute atomic E-state index is 11.9. The molecule has 1 aliphatic carbocycles. The maximum Gasteiger partial charge on any atom is 0.303 e. The Morgan fingerprint density at radius 3 is 2.59 bits per heavy atom. The molecule has 4 heteroatoms. The second kappa shape index (κ2) is 6.62. The summed E-state index contributed by atoms with van der Waals surface area (Å²) in [5.74, 6) is -0.0285. The van der Waals surface area contributed by atoms with Gasteiger partial charge in [-0.15, -0.1) is 0 Å². The van der Waals surface area contributed by atoms with Crippen LogP contribution in [0.2, 0.25) is 0 Å². The van der Waals surface area contributed by atoms with Crippen molar-refractivity contribution in [3.63, 3.8) is 0 Å². The molecule has 4 nitrogen and oxygen atoms in total. The van der Waals surface area contributed by atoms with Crippen molar-refractivity contribution in [2.75, 3.05) is 6.54 Å². The summed E-state index contributed by atoms with van der Waals surface area (Å²) in [4.78, 5) is 22.5. The third-order valence-electron chi connectivity index (χ3n) is 3.80. The summed E-state index contributed by atoms with van der Waals surface area (Å²) in [7, 11) is 0. The van der Waals surface area contributed by atoms with E-state index in [-0.39, 0.29) is 24.2 Å². The van der Waals surface area contributed by atoms with Gasteiger partial charge in [-0.25, -0.2) is 0 Å². The summed E-state index contributed by atoms with van der Waals surface area (Å²) < 4.78 is 0. The molecule has 0 radical (unpaired) electrons. The van der Waals surface area contributed by atoms with E-state index in [4.69, 9.17) is 5.11 Å². The molecule has 0 aromatic rings. The largest absolute Gasteiger partial charge is 0.481 e. The van der Waals surface area contributed by atoms with Gasteiger partial charge in [-0.2, -0.15) is 0 Å². The number of rotatable bonds is 6. The van der Waals surface area contributed by atoms with E-state index < -0.39 is 5.97 Å². The minimum atomic E-state index is -0.791. The van der Waals surface area contributed by atoms with Crippen LogP contribution >= 0.6 is 0 Å². The predicted octanol–water partition coefficient (Wildman–Crippen LogP) is 2.04. The molecule has 3 atom stereocenters. The van der Waals surface area contributed by atoms with Gasteiger partial charge in [0.1, 0.15) is 0 Å². The first-order valence-electron chi connectivity index (χ1n) is 6.54. The normalized spacial score (nSPS) is 25.5. The molecule has 1 saturated carbocycles. The molecule has 0 saturated heterocycles. The number of hydrogen-bond acceptors (Lipinski definition) is 2. The van der Waals surface area contributed by atoms with E-state index in [9.17, 15) is 9.59 Å². The van der Waals surface area contributed by atoms with Crippen LogP contribution < -0.4 is 5.32 Å². The molecule has 17 heavy (non-hydrogen) atoms. The topological polar surface area (TPSA) is 66.4 Å². The highest BCUT2D eigenvalue weighted by Crippen LogP contribution is 2.31. The molecule has 0 aromatic heterocycles. The van der Waals surface area contributed by atoms with Crippen molar-refractivity contribution in [2.45, 2.75) is 46.0 Å². The summed E-state index contributed by atoms with van der Waals surface area (Å²) in [5.41, 5.74) is 0. The first-order valence-corrected chi connectivity index (χ1v) is 6.54. The van der Waals surface area contributed by atoms with Gasteiger partial charge < -0.3 is 10.4 Å². The first kappa shape index (κ1) is 14.0. The molecule has 2 N–H and O–H groups in total. The average Bonchev–Trinajstić information content (AvgIpc) is 2.69. The zero-order chi connectivity index (χ0) is 12.8. The van der Waals surface area contributed by atoms with E-state index in [0.717, 1.165) is 25.7 Å². The Labute approximate surface area is 103 Å². The molecular formula is C13H23NO3. The number of hydrogen-bond donors (Lipinski definition) is 2. The van der Waals surface area contributed by atoms with E-state index in [1.807, 2.05) is 6.92 Å². The van der Waals surface area contributed by atoms with Crippen LogP contribution in [-0.2, 0) is 9.59 Å². The number of carbonyl (C=O) groups excluding carboxylic acids is 1. The fourth-order valence-corrected chi connectivity index (χ4v) is 2.52. The van der Waals surface area contributed by atoms with Gasteiger partial charge in [0.15, 0.2) is 0 Å². The van der Waals surface area contributed by atoms with Crippen LogP contribution in [-0.4, -0.2) is 23.5 Å². The molecule has 0 aromatic carbocycles. The number of nitrogens with one attached hydrogen (secondary N) is 1. The van der Waals surface area contributed by atoms with Gasteiger partial charge in [-0.05, 0) is 24.7 Å². The number of carbonyl (C=O) groups is 2. The van der Waals surface area contributed by atoms with E-state index in [1.165, 1.54) is 0 Å². The highest BCUT2D eigenvalue weighted by molar-refractivity contribution is 5.79. The molecule has 0 aliphatic heterocycles. The van der Waals surface area contributed by atoms with Crippen molar-refractivity contribution in [2.24, 2.45) is 17.8 Å². The van der Waals surface area contributed by atoms with Gasteiger partial charge in [-0.1, -0.05) is 26.7 Å². The SMILES string of the molecule is CCC(CNC(=O)C1CCCC1C)CC(=O)O. The summed E-state index contributed by atoms with van der Waals surface area (Å²) in [6.07, 6.45) is 4.16. The fourth-order valence-electron chi connectivity index (χ4n) is 2.52. The lowest BCUT2D eigenvalue weighted by molar-refractivity contribution is -0.138. The molecule has 98 valence electrons. The Balaban J connectivity index is 2.33. The monoisotopic (exact) mass is 241 g/mol. The van der Waals surface area contributed by atoms with Crippen molar-refractivity contribution in [3.05, 3.63) is 0 Å².